The number of hydrogen-bond acceptors (Lipinski definition) is 6. The van der Waals surface area contributed by atoms with Crippen LogP contribution >= 0.6 is 11.6 Å². The highest BCUT2D eigenvalue weighted by molar-refractivity contribution is 6.30. The zero-order chi connectivity index (χ0) is 26.6. The first-order valence-electron chi connectivity index (χ1n) is 12.1. The predicted molar refractivity (Wildman–Crippen MR) is 141 cm³/mol. The second-order valence-corrected chi connectivity index (χ2v) is 9.87. The molecular weight excluding hydrogens is 506 g/mol. The summed E-state index contributed by atoms with van der Waals surface area (Å²) in [6.07, 6.45) is 3.70. The lowest BCUT2D eigenvalue weighted by atomic mass is 9.84. The molecule has 38 heavy (non-hydrogen) atoms. The molecule has 3 heterocycles. The minimum Gasteiger partial charge on any atom is -0.427 e. The van der Waals surface area contributed by atoms with Gasteiger partial charge in [-0.25, -0.2) is 4.90 Å². The van der Waals surface area contributed by atoms with Crippen LogP contribution in [0.1, 0.15) is 24.1 Å². The van der Waals surface area contributed by atoms with Crippen LogP contribution in [0.2, 0.25) is 5.02 Å². The van der Waals surface area contributed by atoms with Gasteiger partial charge in [0.2, 0.25) is 17.7 Å². The average molecular weight is 528 g/mol. The number of ether oxygens (including phenoxy) is 1. The molecule has 6 rings (SSSR count). The van der Waals surface area contributed by atoms with Gasteiger partial charge in [0.25, 0.3) is 0 Å². The Balaban J connectivity index is 1.39. The number of benzene rings is 3. The second kappa shape index (κ2) is 9.15. The summed E-state index contributed by atoms with van der Waals surface area (Å²) in [4.78, 5) is 55.8. The van der Waals surface area contributed by atoms with Gasteiger partial charge in [0.1, 0.15) is 11.8 Å². The van der Waals surface area contributed by atoms with Crippen LogP contribution in [0.15, 0.2) is 79.0 Å². The van der Waals surface area contributed by atoms with Crippen molar-refractivity contribution in [2.75, 3.05) is 10.2 Å². The molecule has 190 valence electrons. The number of imide groups is 1. The fourth-order valence-corrected chi connectivity index (χ4v) is 5.82. The third-order valence-electron chi connectivity index (χ3n) is 7.20. The molecule has 9 heteroatoms. The SMILES string of the molecule is CC(=O)Oc1ccc(N2C(=O)[C@@H]3[C@H](C2=O)[C@@H]2c4ccccc4C=CN2[C@@H]3C(=O)Nc2ccc(Cl)cc2)cc1. The number of nitrogens with zero attached hydrogens (tertiary/aromatic N) is 2. The van der Waals surface area contributed by atoms with E-state index in [4.69, 9.17) is 16.3 Å². The fourth-order valence-electron chi connectivity index (χ4n) is 5.69. The van der Waals surface area contributed by atoms with Gasteiger partial charge < -0.3 is 15.0 Å². The molecule has 3 aliphatic heterocycles. The zero-order valence-electron chi connectivity index (χ0n) is 20.2. The van der Waals surface area contributed by atoms with Crippen LogP contribution in [0.4, 0.5) is 11.4 Å². The summed E-state index contributed by atoms with van der Waals surface area (Å²) in [6.45, 7) is 1.29. The van der Waals surface area contributed by atoms with Crippen molar-refractivity contribution in [2.45, 2.75) is 19.0 Å². The van der Waals surface area contributed by atoms with Crippen molar-refractivity contribution < 1.29 is 23.9 Å². The summed E-state index contributed by atoms with van der Waals surface area (Å²) in [7, 11) is 0. The molecule has 3 aliphatic rings. The van der Waals surface area contributed by atoms with E-state index in [1.807, 2.05) is 35.2 Å². The summed E-state index contributed by atoms with van der Waals surface area (Å²) in [6, 6.07) is 19.2. The van der Waals surface area contributed by atoms with Crippen molar-refractivity contribution in [2.24, 2.45) is 11.8 Å². The second-order valence-electron chi connectivity index (χ2n) is 9.43. The summed E-state index contributed by atoms with van der Waals surface area (Å²) >= 11 is 5.99. The minimum atomic E-state index is -0.910. The number of amides is 3. The molecule has 3 amide bonds. The van der Waals surface area contributed by atoms with E-state index < -0.39 is 35.8 Å². The highest BCUT2D eigenvalue weighted by atomic mass is 35.5. The Morgan fingerprint density at radius 2 is 1.58 bits per heavy atom. The highest BCUT2D eigenvalue weighted by Gasteiger charge is 2.64. The third-order valence-corrected chi connectivity index (χ3v) is 7.45. The van der Waals surface area contributed by atoms with E-state index in [1.54, 1.807) is 42.6 Å². The molecule has 0 radical (unpaired) electrons. The van der Waals surface area contributed by atoms with E-state index in [0.29, 0.717) is 22.1 Å². The van der Waals surface area contributed by atoms with Gasteiger partial charge in [0.15, 0.2) is 0 Å². The fraction of sp³-hybridized carbons (Fsp3) is 0.172. The largest absolute Gasteiger partial charge is 0.427 e. The molecule has 3 aromatic rings. The van der Waals surface area contributed by atoms with Gasteiger partial charge in [-0.05, 0) is 65.7 Å². The Morgan fingerprint density at radius 3 is 2.29 bits per heavy atom. The van der Waals surface area contributed by atoms with E-state index in [1.165, 1.54) is 19.1 Å². The molecule has 0 spiro atoms. The molecule has 2 fully saturated rings. The first kappa shape index (κ1) is 23.9. The van der Waals surface area contributed by atoms with Gasteiger partial charge in [0, 0.05) is 23.8 Å². The molecule has 0 unspecified atom stereocenters. The lowest BCUT2D eigenvalue weighted by Crippen LogP contribution is -2.46. The van der Waals surface area contributed by atoms with E-state index in [0.717, 1.165) is 16.0 Å². The number of fused-ring (bicyclic) bond motifs is 5. The van der Waals surface area contributed by atoms with Gasteiger partial charge in [-0.3, -0.25) is 19.2 Å². The van der Waals surface area contributed by atoms with E-state index in [2.05, 4.69) is 5.32 Å². The van der Waals surface area contributed by atoms with Gasteiger partial charge >= 0.3 is 5.97 Å². The number of carbonyl (C=O) groups is 4. The lowest BCUT2D eigenvalue weighted by molar-refractivity contribution is -0.132. The predicted octanol–water partition coefficient (Wildman–Crippen LogP) is 4.42. The molecule has 2 saturated heterocycles. The summed E-state index contributed by atoms with van der Waals surface area (Å²) < 4.78 is 5.08. The molecule has 3 aromatic carbocycles. The maximum atomic E-state index is 13.9. The molecule has 0 aromatic heterocycles. The van der Waals surface area contributed by atoms with Crippen LogP contribution in [0.3, 0.4) is 0 Å². The number of anilines is 2. The van der Waals surface area contributed by atoms with Gasteiger partial charge in [-0.1, -0.05) is 35.9 Å². The zero-order valence-corrected chi connectivity index (χ0v) is 21.0. The summed E-state index contributed by atoms with van der Waals surface area (Å²) in [5.41, 5.74) is 2.72. The standard InChI is InChI=1S/C29H22ClN3O5/c1-16(34)38-21-12-10-20(11-13-21)33-28(36)23-24(29(33)37)26(27(35)31-19-8-6-18(30)7-9-19)32-15-14-17-4-2-3-5-22(17)25(23)32/h2-15,23-26H,1H3,(H,31,35)/t23-,24+,25-,26-/m0/s1. The normalized spacial score (nSPS) is 23.1. The van der Waals surface area contributed by atoms with Crippen LogP contribution in [-0.2, 0) is 19.2 Å². The Hall–Kier alpha value is -4.43. The Morgan fingerprint density at radius 1 is 0.895 bits per heavy atom. The average Bonchev–Trinajstić information content (AvgIpc) is 3.38. The molecular formula is C29H22ClN3O5. The number of esters is 1. The maximum absolute atomic E-state index is 13.9. The minimum absolute atomic E-state index is 0.304. The van der Waals surface area contributed by atoms with Crippen molar-refractivity contribution in [3.05, 3.63) is 95.1 Å². The Kier molecular flexibility index (Phi) is 5.76. The summed E-state index contributed by atoms with van der Waals surface area (Å²) in [5.74, 6) is -3.04. The van der Waals surface area contributed by atoms with Crippen LogP contribution in [-0.4, -0.2) is 34.6 Å². The highest BCUT2D eigenvalue weighted by Crippen LogP contribution is 2.53. The molecule has 0 saturated carbocycles. The van der Waals surface area contributed by atoms with Crippen LogP contribution in [0.5, 0.6) is 5.75 Å². The monoisotopic (exact) mass is 527 g/mol. The molecule has 8 nitrogen and oxygen atoms in total. The molecule has 0 bridgehead atoms. The number of rotatable bonds is 4. The smallest absolute Gasteiger partial charge is 0.308 e. The van der Waals surface area contributed by atoms with Crippen molar-refractivity contribution in [3.63, 3.8) is 0 Å². The summed E-state index contributed by atoms with van der Waals surface area (Å²) in [5, 5.41) is 3.43. The number of halogens is 1. The van der Waals surface area contributed by atoms with Gasteiger partial charge in [-0.15, -0.1) is 0 Å². The number of hydrogen-bond donors (Lipinski definition) is 1. The van der Waals surface area contributed by atoms with Crippen molar-refractivity contribution in [1.29, 1.82) is 0 Å². The number of nitrogens with one attached hydrogen (secondary N) is 1. The third kappa shape index (κ3) is 3.85. The molecule has 0 aliphatic carbocycles. The topological polar surface area (TPSA) is 96.0 Å². The van der Waals surface area contributed by atoms with Gasteiger partial charge in [-0.2, -0.15) is 0 Å². The molecule has 1 N–H and O–H groups in total. The number of carbonyl (C=O) groups excluding carboxylic acids is 4. The van der Waals surface area contributed by atoms with Crippen LogP contribution < -0.4 is 15.0 Å². The van der Waals surface area contributed by atoms with Crippen LogP contribution in [0, 0.1) is 11.8 Å². The van der Waals surface area contributed by atoms with Gasteiger partial charge in [0.05, 0.1) is 23.6 Å². The molecule has 4 atom stereocenters. The first-order chi connectivity index (χ1) is 18.3. The maximum Gasteiger partial charge on any atom is 0.308 e. The van der Waals surface area contributed by atoms with E-state index >= 15 is 0 Å². The first-order valence-corrected chi connectivity index (χ1v) is 12.5. The van der Waals surface area contributed by atoms with E-state index in [9.17, 15) is 19.2 Å². The van der Waals surface area contributed by atoms with Crippen molar-refractivity contribution in [1.82, 2.24) is 4.90 Å². The quantitative estimate of drug-likeness (QED) is 0.306. The van der Waals surface area contributed by atoms with Crippen LogP contribution in [0.25, 0.3) is 6.08 Å². The van der Waals surface area contributed by atoms with Crippen molar-refractivity contribution >= 4 is 52.7 Å². The Bertz CT molecular complexity index is 1500. The lowest BCUT2D eigenvalue weighted by Gasteiger charge is -2.35. The van der Waals surface area contributed by atoms with E-state index in [-0.39, 0.29) is 11.8 Å². The Labute approximate surface area is 223 Å². The van der Waals surface area contributed by atoms with Crippen molar-refractivity contribution in [3.8, 4) is 5.75 Å².